The van der Waals surface area contributed by atoms with Gasteiger partial charge in [0.05, 0.1) is 0 Å². The van der Waals surface area contributed by atoms with Gasteiger partial charge in [0, 0.05) is 31.2 Å². The molecule has 0 spiro atoms. The fraction of sp³-hybridized carbons (Fsp3) is 0.571. The first-order valence-electron chi connectivity index (χ1n) is 6.32. The smallest absolute Gasteiger partial charge is 0.123 e. The number of nitrogens with one attached hydrogen (secondary N) is 1. The lowest BCUT2D eigenvalue weighted by Crippen LogP contribution is -2.54. The SMILES string of the molecule is CC1CN(C(C)c2cccc(F)c2)CC(C)N1.Cl. The number of piperazine rings is 1. The second-order valence-corrected chi connectivity index (χ2v) is 5.15. The fourth-order valence-corrected chi connectivity index (χ4v) is 2.66. The topological polar surface area (TPSA) is 15.3 Å². The van der Waals surface area contributed by atoms with E-state index in [2.05, 4.69) is 31.0 Å². The van der Waals surface area contributed by atoms with Crippen molar-refractivity contribution in [2.45, 2.75) is 38.9 Å². The van der Waals surface area contributed by atoms with Crippen molar-refractivity contribution >= 4 is 12.4 Å². The highest BCUT2D eigenvalue weighted by Gasteiger charge is 2.25. The maximum absolute atomic E-state index is 13.2. The second-order valence-electron chi connectivity index (χ2n) is 5.15. The first kappa shape index (κ1) is 15.4. The normalized spacial score (nSPS) is 26.4. The fourth-order valence-electron chi connectivity index (χ4n) is 2.66. The average molecular weight is 273 g/mol. The second kappa shape index (κ2) is 6.50. The van der Waals surface area contributed by atoms with E-state index in [0.717, 1.165) is 18.7 Å². The first-order chi connectivity index (χ1) is 8.06. The van der Waals surface area contributed by atoms with E-state index in [-0.39, 0.29) is 24.3 Å². The molecular formula is C14H22ClFN2. The van der Waals surface area contributed by atoms with E-state index in [1.165, 1.54) is 6.07 Å². The molecule has 1 N–H and O–H groups in total. The Kier molecular flexibility index (Phi) is 5.57. The molecule has 0 radical (unpaired) electrons. The summed E-state index contributed by atoms with van der Waals surface area (Å²) in [6.45, 7) is 8.57. The zero-order chi connectivity index (χ0) is 12.4. The largest absolute Gasteiger partial charge is 0.309 e. The van der Waals surface area contributed by atoms with Crippen LogP contribution in [0.2, 0.25) is 0 Å². The van der Waals surface area contributed by atoms with Crippen LogP contribution in [0, 0.1) is 5.82 Å². The minimum atomic E-state index is -0.148. The van der Waals surface area contributed by atoms with Gasteiger partial charge in [-0.05, 0) is 38.5 Å². The molecule has 1 aliphatic heterocycles. The average Bonchev–Trinajstić information content (AvgIpc) is 2.26. The molecule has 1 aromatic carbocycles. The predicted molar refractivity (Wildman–Crippen MR) is 75.7 cm³/mol. The number of hydrogen-bond acceptors (Lipinski definition) is 2. The summed E-state index contributed by atoms with van der Waals surface area (Å²) < 4.78 is 13.2. The summed E-state index contributed by atoms with van der Waals surface area (Å²) in [6.07, 6.45) is 0. The Balaban J connectivity index is 0.00000162. The van der Waals surface area contributed by atoms with Crippen LogP contribution in [0.4, 0.5) is 4.39 Å². The number of rotatable bonds is 2. The van der Waals surface area contributed by atoms with Crippen LogP contribution in [-0.4, -0.2) is 30.1 Å². The number of nitrogens with zero attached hydrogens (tertiary/aromatic N) is 1. The van der Waals surface area contributed by atoms with Gasteiger partial charge in [-0.25, -0.2) is 4.39 Å². The molecule has 4 heteroatoms. The van der Waals surface area contributed by atoms with Crippen molar-refractivity contribution in [2.24, 2.45) is 0 Å². The lowest BCUT2D eigenvalue weighted by atomic mass is 10.0. The molecule has 0 aromatic heterocycles. The highest BCUT2D eigenvalue weighted by molar-refractivity contribution is 5.85. The zero-order valence-corrected chi connectivity index (χ0v) is 12.0. The molecule has 2 rings (SSSR count). The number of halogens is 2. The molecule has 1 saturated heterocycles. The lowest BCUT2D eigenvalue weighted by Gasteiger charge is -2.39. The third-order valence-electron chi connectivity index (χ3n) is 3.46. The minimum absolute atomic E-state index is 0. The van der Waals surface area contributed by atoms with Crippen LogP contribution in [0.15, 0.2) is 24.3 Å². The lowest BCUT2D eigenvalue weighted by molar-refractivity contribution is 0.131. The van der Waals surface area contributed by atoms with Crippen LogP contribution in [0.5, 0.6) is 0 Å². The summed E-state index contributed by atoms with van der Waals surface area (Å²) in [5, 5.41) is 3.51. The van der Waals surface area contributed by atoms with Gasteiger partial charge in [0.1, 0.15) is 5.82 Å². The highest BCUT2D eigenvalue weighted by atomic mass is 35.5. The van der Waals surface area contributed by atoms with Crippen molar-refractivity contribution in [3.05, 3.63) is 35.6 Å². The van der Waals surface area contributed by atoms with E-state index in [4.69, 9.17) is 0 Å². The molecule has 0 amide bonds. The summed E-state index contributed by atoms with van der Waals surface area (Å²) in [5.74, 6) is -0.148. The van der Waals surface area contributed by atoms with E-state index >= 15 is 0 Å². The van der Waals surface area contributed by atoms with Gasteiger partial charge in [0.15, 0.2) is 0 Å². The maximum Gasteiger partial charge on any atom is 0.123 e. The molecule has 1 heterocycles. The summed E-state index contributed by atoms with van der Waals surface area (Å²) in [7, 11) is 0. The molecule has 3 atom stereocenters. The molecule has 18 heavy (non-hydrogen) atoms. The molecular weight excluding hydrogens is 251 g/mol. The van der Waals surface area contributed by atoms with Gasteiger partial charge in [-0.1, -0.05) is 12.1 Å². The van der Waals surface area contributed by atoms with Gasteiger partial charge in [-0.3, -0.25) is 4.90 Å². The van der Waals surface area contributed by atoms with Gasteiger partial charge >= 0.3 is 0 Å². The number of benzene rings is 1. The maximum atomic E-state index is 13.2. The Morgan fingerprint density at radius 1 is 1.28 bits per heavy atom. The van der Waals surface area contributed by atoms with Crippen molar-refractivity contribution in [3.63, 3.8) is 0 Å². The Labute approximate surface area is 115 Å². The third-order valence-corrected chi connectivity index (χ3v) is 3.46. The predicted octanol–water partition coefficient (Wildman–Crippen LogP) is 2.99. The summed E-state index contributed by atoms with van der Waals surface area (Å²) in [5.41, 5.74) is 1.06. The van der Waals surface area contributed by atoms with Crippen LogP contribution in [0.25, 0.3) is 0 Å². The van der Waals surface area contributed by atoms with Crippen LogP contribution in [0.1, 0.15) is 32.4 Å². The van der Waals surface area contributed by atoms with E-state index in [9.17, 15) is 4.39 Å². The van der Waals surface area contributed by atoms with Gasteiger partial charge in [-0.2, -0.15) is 0 Å². The van der Waals surface area contributed by atoms with Crippen LogP contribution >= 0.6 is 12.4 Å². The Morgan fingerprint density at radius 2 is 1.89 bits per heavy atom. The Bertz CT molecular complexity index is 376. The zero-order valence-electron chi connectivity index (χ0n) is 11.2. The van der Waals surface area contributed by atoms with E-state index < -0.39 is 0 Å². The summed E-state index contributed by atoms with van der Waals surface area (Å²) >= 11 is 0. The highest BCUT2D eigenvalue weighted by Crippen LogP contribution is 2.23. The molecule has 0 bridgehead atoms. The first-order valence-corrected chi connectivity index (χ1v) is 6.32. The number of hydrogen-bond donors (Lipinski definition) is 1. The summed E-state index contributed by atoms with van der Waals surface area (Å²) in [4.78, 5) is 2.42. The minimum Gasteiger partial charge on any atom is -0.309 e. The summed E-state index contributed by atoms with van der Waals surface area (Å²) in [6, 6.07) is 8.20. The van der Waals surface area contributed by atoms with E-state index in [1.54, 1.807) is 12.1 Å². The van der Waals surface area contributed by atoms with E-state index in [1.807, 2.05) is 6.07 Å². The van der Waals surface area contributed by atoms with Crippen LogP contribution in [-0.2, 0) is 0 Å². The van der Waals surface area contributed by atoms with Crippen LogP contribution in [0.3, 0.4) is 0 Å². The van der Waals surface area contributed by atoms with Gasteiger partial charge in [0.2, 0.25) is 0 Å². The Hall–Kier alpha value is -0.640. The van der Waals surface area contributed by atoms with Gasteiger partial charge in [-0.15, -0.1) is 12.4 Å². The molecule has 0 aliphatic carbocycles. The molecule has 2 nitrogen and oxygen atoms in total. The van der Waals surface area contributed by atoms with Crippen molar-refractivity contribution in [1.29, 1.82) is 0 Å². The van der Waals surface area contributed by atoms with Crippen LogP contribution < -0.4 is 5.32 Å². The molecule has 1 aliphatic rings. The monoisotopic (exact) mass is 272 g/mol. The van der Waals surface area contributed by atoms with Gasteiger partial charge < -0.3 is 5.32 Å². The quantitative estimate of drug-likeness (QED) is 0.890. The standard InChI is InChI=1S/C14H21FN2.ClH/c1-10-8-17(9-11(2)16-10)12(3)13-5-4-6-14(15)7-13;/h4-7,10-12,16H,8-9H2,1-3H3;1H. The van der Waals surface area contributed by atoms with E-state index in [0.29, 0.717) is 12.1 Å². The van der Waals surface area contributed by atoms with Crippen molar-refractivity contribution in [1.82, 2.24) is 10.2 Å². The Morgan fingerprint density at radius 3 is 2.44 bits per heavy atom. The molecule has 0 saturated carbocycles. The van der Waals surface area contributed by atoms with Gasteiger partial charge in [0.25, 0.3) is 0 Å². The molecule has 3 unspecified atom stereocenters. The molecule has 1 aromatic rings. The van der Waals surface area contributed by atoms with Crippen molar-refractivity contribution < 1.29 is 4.39 Å². The molecule has 102 valence electrons. The third kappa shape index (κ3) is 3.67. The molecule has 1 fully saturated rings. The van der Waals surface area contributed by atoms with Crippen molar-refractivity contribution in [2.75, 3.05) is 13.1 Å². The van der Waals surface area contributed by atoms with Crippen molar-refractivity contribution in [3.8, 4) is 0 Å².